The van der Waals surface area contributed by atoms with E-state index >= 15 is 0 Å². The van der Waals surface area contributed by atoms with Crippen molar-refractivity contribution in [1.29, 1.82) is 0 Å². The highest BCUT2D eigenvalue weighted by atomic mass is 32.2. The number of fused-ring (bicyclic) bond motifs is 5. The second-order valence-electron chi connectivity index (χ2n) is 17.0. The van der Waals surface area contributed by atoms with Crippen molar-refractivity contribution in [2.75, 3.05) is 54.5 Å². The maximum Gasteiger partial charge on any atom is 0.324 e. The lowest BCUT2D eigenvalue weighted by atomic mass is 9.61. The van der Waals surface area contributed by atoms with Crippen LogP contribution in [0.15, 0.2) is 109 Å². The SMILES string of the molecule is CC.CC.CC.CC.CC.CCOc1ccc2c(c1)CCB2O.CN(C)C.COC.CSC.OB1CCc2ccccc21.OB1CCc2ccccc21.OB1CCc2ccccc21.OCc1cccc2c1B(O)CC2. The zero-order chi connectivity index (χ0) is 57.7. The third kappa shape index (κ3) is 29.0. The molecule has 15 heteroatoms. The molecule has 5 aromatic rings. The highest BCUT2D eigenvalue weighted by Crippen LogP contribution is 2.20. The number of thioether (sulfide) groups is 1. The van der Waals surface area contributed by atoms with Gasteiger partial charge in [-0.3, -0.25) is 0 Å². The number of ether oxygens (including phenoxy) is 2. The van der Waals surface area contributed by atoms with Crippen LogP contribution in [0.2, 0.25) is 31.6 Å². The van der Waals surface area contributed by atoms with Crippen LogP contribution in [0.25, 0.3) is 0 Å². The molecule has 75 heavy (non-hydrogen) atoms. The summed E-state index contributed by atoms with van der Waals surface area (Å²) in [6.07, 6.45) is 13.5. The van der Waals surface area contributed by atoms with Gasteiger partial charge in [0.05, 0.1) is 13.2 Å². The standard InChI is InChI=1S/C10H13BO2.C9H11BO2.3C8H9BO.C3H9N.C2H6O.C2H6S.5C2H6/c1-2-13-9-3-4-10-8(7-9)5-6-11(10)12;11-6-8-3-1-2-7-4-5-10(12)9(7)8;3*10-9-6-5-7-3-1-2-4-8(7)9;1-4(2)3;2*1-3-2;5*1-2/h3-4,7,12H,2,5-6H2,1H3;1-3,11-12H,4-6H2;3*1-4,10H,5-6H2;1-3H3;2*1-2H3;5*1-2H3. The molecule has 0 spiro atoms. The van der Waals surface area contributed by atoms with Gasteiger partial charge < -0.3 is 44.6 Å². The lowest BCUT2D eigenvalue weighted by Gasteiger charge is -2.06. The molecule has 5 aliphatic rings. The van der Waals surface area contributed by atoms with E-state index in [0.29, 0.717) is 6.61 Å². The van der Waals surface area contributed by atoms with Crippen molar-refractivity contribution < 1.29 is 39.7 Å². The molecule has 0 aromatic heterocycles. The number of benzene rings is 5. The number of hydrogen-bond donors (Lipinski definition) is 6. The van der Waals surface area contributed by atoms with Crippen LogP contribution in [0.5, 0.6) is 5.75 Å². The summed E-state index contributed by atoms with van der Waals surface area (Å²) in [7, 11) is 9.25. The Morgan fingerprint density at radius 1 is 0.453 bits per heavy atom. The highest BCUT2D eigenvalue weighted by Gasteiger charge is 2.28. The van der Waals surface area contributed by atoms with Crippen molar-refractivity contribution in [2.24, 2.45) is 0 Å². The number of nitrogens with zero attached hydrogens (tertiary/aromatic N) is 1. The Morgan fingerprint density at radius 3 is 1.08 bits per heavy atom. The third-order valence-electron chi connectivity index (χ3n) is 11.3. The van der Waals surface area contributed by atoms with Crippen LogP contribution >= 0.6 is 11.8 Å². The minimum absolute atomic E-state index is 0.0280. The minimum atomic E-state index is -0.358. The molecule has 0 radical (unpaired) electrons. The van der Waals surface area contributed by atoms with Crippen LogP contribution in [0, 0.1) is 0 Å². The number of methoxy groups -OCH3 is 1. The average molecular weight is 1050 g/mol. The van der Waals surface area contributed by atoms with Crippen LogP contribution < -0.4 is 32.1 Å². The Labute approximate surface area is 465 Å². The molecule has 0 saturated carbocycles. The Balaban J connectivity index is -0.000000796. The molecule has 10 rings (SSSR count). The number of aliphatic hydroxyl groups excluding tert-OH is 1. The molecule has 5 heterocycles. The van der Waals surface area contributed by atoms with Crippen LogP contribution in [0.3, 0.4) is 0 Å². The molecule has 0 fully saturated rings. The van der Waals surface area contributed by atoms with Gasteiger partial charge in [-0.05, 0) is 155 Å². The molecule has 6 N–H and O–H groups in total. The van der Waals surface area contributed by atoms with Crippen molar-refractivity contribution in [3.63, 3.8) is 0 Å². The summed E-state index contributed by atoms with van der Waals surface area (Å²) in [6, 6.07) is 36.1. The molecule has 5 aliphatic heterocycles. The molecule has 0 unspecified atom stereocenters. The number of aryl methyl sites for hydroxylation is 5. The van der Waals surface area contributed by atoms with E-state index in [2.05, 4.69) is 22.9 Å². The van der Waals surface area contributed by atoms with Gasteiger partial charge in [-0.1, -0.05) is 189 Å². The van der Waals surface area contributed by atoms with E-state index < -0.39 is 0 Å². The van der Waals surface area contributed by atoms with Crippen molar-refractivity contribution in [3.8, 4) is 5.75 Å². The molecule has 9 nitrogen and oxygen atoms in total. The first-order valence-corrected chi connectivity index (χ1v) is 29.5. The summed E-state index contributed by atoms with van der Waals surface area (Å²) in [5, 5.41) is 56.3. The fourth-order valence-corrected chi connectivity index (χ4v) is 8.32. The zero-order valence-electron chi connectivity index (χ0n) is 50.1. The van der Waals surface area contributed by atoms with Crippen LogP contribution in [-0.2, 0) is 43.4 Å². The summed E-state index contributed by atoms with van der Waals surface area (Å²) in [6.45, 7) is 21.5. The Hall–Kier alpha value is -3.75. The van der Waals surface area contributed by atoms with Crippen LogP contribution in [-0.4, -0.2) is 124 Å². The van der Waals surface area contributed by atoms with Gasteiger partial charge in [-0.15, -0.1) is 0 Å². The van der Waals surface area contributed by atoms with Gasteiger partial charge >= 0.3 is 34.6 Å². The molecular weight excluding hydrogens is 949 g/mol. The van der Waals surface area contributed by atoms with E-state index in [-0.39, 0.29) is 41.2 Å². The predicted molar refractivity (Wildman–Crippen MR) is 339 cm³/mol. The molecule has 0 atom stereocenters. The molecule has 0 amide bonds. The van der Waals surface area contributed by atoms with Crippen molar-refractivity contribution >= 4 is 73.7 Å². The molecule has 416 valence electrons. The Kier molecular flexibility index (Phi) is 48.9. The van der Waals surface area contributed by atoms with Gasteiger partial charge in [0.25, 0.3) is 0 Å². The first-order chi connectivity index (χ1) is 36.3. The molecule has 0 aliphatic carbocycles. The fraction of sp³-hybridized carbons (Fsp3) is 0.500. The van der Waals surface area contributed by atoms with Crippen molar-refractivity contribution in [1.82, 2.24) is 4.90 Å². The summed E-state index contributed by atoms with van der Waals surface area (Å²) in [5.41, 5.74) is 12.7. The molecule has 5 aromatic carbocycles. The minimum Gasteiger partial charge on any atom is -0.494 e. The van der Waals surface area contributed by atoms with E-state index in [4.69, 9.17) is 9.84 Å². The lowest BCUT2D eigenvalue weighted by Crippen LogP contribution is -2.29. The van der Waals surface area contributed by atoms with Gasteiger partial charge in [0.1, 0.15) is 5.75 Å². The van der Waals surface area contributed by atoms with E-state index in [1.807, 2.05) is 206 Å². The van der Waals surface area contributed by atoms with Crippen LogP contribution in [0.1, 0.15) is 110 Å². The van der Waals surface area contributed by atoms with Gasteiger partial charge in [0.2, 0.25) is 0 Å². The van der Waals surface area contributed by atoms with Gasteiger partial charge in [-0.2, -0.15) is 11.8 Å². The monoisotopic (exact) mass is 1050 g/mol. The molecule has 0 bridgehead atoms. The Morgan fingerprint density at radius 2 is 0.747 bits per heavy atom. The maximum absolute atomic E-state index is 9.58. The van der Waals surface area contributed by atoms with Gasteiger partial charge in [-0.25, -0.2) is 0 Å². The number of aliphatic hydroxyl groups is 1. The summed E-state index contributed by atoms with van der Waals surface area (Å²) in [4.78, 5) is 2.00. The second-order valence-corrected chi connectivity index (χ2v) is 17.8. The highest BCUT2D eigenvalue weighted by molar-refractivity contribution is 7.97. The predicted octanol–water partition coefficient (Wildman–Crippen LogP) is 8.61. The smallest absolute Gasteiger partial charge is 0.324 e. The lowest BCUT2D eigenvalue weighted by molar-refractivity contribution is 0.277. The maximum atomic E-state index is 9.58. The normalized spacial score (nSPS) is 12.5. The number of hydrogen-bond acceptors (Lipinski definition) is 10. The first-order valence-electron chi connectivity index (χ1n) is 27.9. The largest absolute Gasteiger partial charge is 0.494 e. The topological polar surface area (TPSA) is 143 Å². The van der Waals surface area contributed by atoms with E-state index in [1.54, 1.807) is 26.0 Å². The average Bonchev–Trinajstić information content (AvgIpc) is 4.30. The summed E-state index contributed by atoms with van der Waals surface area (Å²) >= 11 is 1.75. The van der Waals surface area contributed by atoms with E-state index in [1.165, 1.54) is 27.8 Å². The molecule has 0 saturated heterocycles. The van der Waals surface area contributed by atoms with Gasteiger partial charge in [0, 0.05) is 14.2 Å². The summed E-state index contributed by atoms with van der Waals surface area (Å²) in [5.74, 6) is 0.912. The first kappa shape index (κ1) is 75.5. The van der Waals surface area contributed by atoms with Gasteiger partial charge in [0.15, 0.2) is 0 Å². The van der Waals surface area contributed by atoms with Crippen LogP contribution in [0.4, 0.5) is 0 Å². The van der Waals surface area contributed by atoms with E-state index in [0.717, 1.165) is 102 Å². The summed E-state index contributed by atoms with van der Waals surface area (Å²) < 4.78 is 9.63. The van der Waals surface area contributed by atoms with Crippen molar-refractivity contribution in [2.45, 2.75) is 146 Å². The zero-order valence-corrected chi connectivity index (χ0v) is 50.9. The third-order valence-corrected chi connectivity index (χ3v) is 11.3. The quantitative estimate of drug-likeness (QED) is 0.0974. The van der Waals surface area contributed by atoms with E-state index in [9.17, 15) is 25.1 Å². The Bertz CT molecular complexity index is 1990. The second kappa shape index (κ2) is 48.6. The fourth-order valence-electron chi connectivity index (χ4n) is 8.32. The number of rotatable bonds is 3. The van der Waals surface area contributed by atoms with Crippen molar-refractivity contribution in [3.05, 3.63) is 143 Å². The molecular formula is C60H102B5NO8S.